The summed E-state index contributed by atoms with van der Waals surface area (Å²) in [5.74, 6) is 0.880. The first-order valence-electron chi connectivity index (χ1n) is 9.34. The summed E-state index contributed by atoms with van der Waals surface area (Å²) in [6, 6.07) is 6.57. The molecule has 0 unspecified atom stereocenters. The number of nitrogens with zero attached hydrogens (tertiary/aromatic N) is 6. The molecule has 1 atom stereocenters. The standard InChI is InChI=1S/C17H22N6O4S2/c24-15-3-1-13(2-4-15)23-17(18-19-20-23)28-11-16(25)22-8-6-21(7-9-22)14-5-10-29(26,27)12-14/h1-4,14,24H,5-12H2/t14-/m1/s1. The lowest BCUT2D eigenvalue weighted by molar-refractivity contribution is -0.130. The van der Waals surface area contributed by atoms with Crippen LogP contribution in [0.15, 0.2) is 29.4 Å². The van der Waals surface area contributed by atoms with E-state index in [1.807, 2.05) is 4.90 Å². The predicted octanol–water partition coefficient (Wildman–Crippen LogP) is -0.209. The number of tetrazole rings is 1. The number of thioether (sulfide) groups is 1. The molecule has 156 valence electrons. The monoisotopic (exact) mass is 438 g/mol. The van der Waals surface area contributed by atoms with E-state index in [9.17, 15) is 18.3 Å². The fraction of sp³-hybridized carbons (Fsp3) is 0.529. The zero-order chi connectivity index (χ0) is 20.4. The van der Waals surface area contributed by atoms with Crippen LogP contribution in [0.25, 0.3) is 5.69 Å². The van der Waals surface area contributed by atoms with Gasteiger partial charge < -0.3 is 10.0 Å². The fourth-order valence-electron chi connectivity index (χ4n) is 3.64. The van der Waals surface area contributed by atoms with E-state index in [4.69, 9.17) is 0 Å². The summed E-state index contributed by atoms with van der Waals surface area (Å²) in [5, 5.41) is 21.5. The molecule has 0 saturated carbocycles. The number of hydrogen-bond donors (Lipinski definition) is 1. The highest BCUT2D eigenvalue weighted by Crippen LogP contribution is 2.22. The SMILES string of the molecule is O=C(CSc1nnnn1-c1ccc(O)cc1)N1CCN([C@@H]2CCS(=O)(=O)C2)CC1. The molecule has 0 spiro atoms. The third-order valence-corrected chi connectivity index (χ3v) is 7.91. The van der Waals surface area contributed by atoms with Crippen LogP contribution in [0.5, 0.6) is 5.75 Å². The minimum absolute atomic E-state index is 0.00829. The quantitative estimate of drug-likeness (QED) is 0.632. The van der Waals surface area contributed by atoms with Crippen LogP contribution < -0.4 is 0 Å². The molecule has 4 rings (SSSR count). The summed E-state index contributed by atoms with van der Waals surface area (Å²) in [6.45, 7) is 2.58. The Hall–Kier alpha value is -2.18. The lowest BCUT2D eigenvalue weighted by Crippen LogP contribution is -2.52. The number of aromatic nitrogens is 4. The average molecular weight is 439 g/mol. The predicted molar refractivity (Wildman–Crippen MR) is 107 cm³/mol. The Balaban J connectivity index is 1.29. The van der Waals surface area contributed by atoms with E-state index >= 15 is 0 Å². The lowest BCUT2D eigenvalue weighted by atomic mass is 10.2. The highest BCUT2D eigenvalue weighted by atomic mass is 32.2. The molecule has 29 heavy (non-hydrogen) atoms. The van der Waals surface area contributed by atoms with E-state index in [1.165, 1.54) is 16.4 Å². The summed E-state index contributed by atoms with van der Waals surface area (Å²) < 4.78 is 24.9. The number of hydrogen-bond acceptors (Lipinski definition) is 9. The van der Waals surface area contributed by atoms with E-state index in [1.54, 1.807) is 24.3 Å². The molecule has 1 aromatic carbocycles. The molecular weight excluding hydrogens is 416 g/mol. The minimum Gasteiger partial charge on any atom is -0.508 e. The zero-order valence-corrected chi connectivity index (χ0v) is 17.3. The van der Waals surface area contributed by atoms with Gasteiger partial charge in [-0.2, -0.15) is 4.68 Å². The third-order valence-electron chi connectivity index (χ3n) is 5.25. The normalized spacial score (nSPS) is 22.1. The van der Waals surface area contributed by atoms with Crippen molar-refractivity contribution in [1.29, 1.82) is 0 Å². The van der Waals surface area contributed by atoms with Gasteiger partial charge >= 0.3 is 0 Å². The van der Waals surface area contributed by atoms with Crippen molar-refractivity contribution < 1.29 is 18.3 Å². The zero-order valence-electron chi connectivity index (χ0n) is 15.7. The van der Waals surface area contributed by atoms with Gasteiger partial charge in [-0.3, -0.25) is 9.69 Å². The Morgan fingerprint density at radius 3 is 2.55 bits per heavy atom. The molecule has 2 aromatic rings. The number of piperazine rings is 1. The van der Waals surface area contributed by atoms with Gasteiger partial charge in [0.05, 0.1) is 22.9 Å². The second kappa shape index (κ2) is 8.28. The third kappa shape index (κ3) is 4.70. The van der Waals surface area contributed by atoms with Crippen molar-refractivity contribution in [3.63, 3.8) is 0 Å². The number of carbonyl (C=O) groups excluding carboxylic acids is 1. The Labute approximate surface area is 172 Å². The second-order valence-electron chi connectivity index (χ2n) is 7.15. The van der Waals surface area contributed by atoms with Crippen molar-refractivity contribution >= 4 is 27.5 Å². The highest BCUT2D eigenvalue weighted by molar-refractivity contribution is 7.99. The van der Waals surface area contributed by atoms with E-state index in [0.29, 0.717) is 43.4 Å². The van der Waals surface area contributed by atoms with Crippen LogP contribution >= 0.6 is 11.8 Å². The van der Waals surface area contributed by atoms with Gasteiger partial charge in [0.15, 0.2) is 9.84 Å². The van der Waals surface area contributed by atoms with E-state index in [-0.39, 0.29) is 35.0 Å². The fourth-order valence-corrected chi connectivity index (χ4v) is 6.20. The van der Waals surface area contributed by atoms with Crippen molar-refractivity contribution in [3.8, 4) is 11.4 Å². The van der Waals surface area contributed by atoms with E-state index < -0.39 is 9.84 Å². The van der Waals surface area contributed by atoms with Crippen molar-refractivity contribution in [2.75, 3.05) is 43.4 Å². The Morgan fingerprint density at radius 1 is 1.17 bits per heavy atom. The maximum Gasteiger partial charge on any atom is 0.233 e. The first kappa shape index (κ1) is 20.1. The maximum atomic E-state index is 12.6. The Bertz CT molecular complexity index is 970. The molecule has 0 aliphatic carbocycles. The van der Waals surface area contributed by atoms with Gasteiger partial charge in [0.2, 0.25) is 11.1 Å². The number of rotatable bonds is 5. The minimum atomic E-state index is -2.90. The van der Waals surface area contributed by atoms with Crippen LogP contribution in [0.3, 0.4) is 0 Å². The van der Waals surface area contributed by atoms with Gasteiger partial charge in [-0.05, 0) is 41.1 Å². The highest BCUT2D eigenvalue weighted by Gasteiger charge is 2.34. The van der Waals surface area contributed by atoms with Crippen LogP contribution in [0.1, 0.15) is 6.42 Å². The number of aromatic hydroxyl groups is 1. The van der Waals surface area contributed by atoms with E-state index in [0.717, 1.165) is 0 Å². The number of benzene rings is 1. The number of phenolic OH excluding ortho intramolecular Hbond substituents is 1. The lowest BCUT2D eigenvalue weighted by Gasteiger charge is -2.37. The number of carbonyl (C=O) groups is 1. The topological polar surface area (TPSA) is 122 Å². The van der Waals surface area contributed by atoms with Crippen molar-refractivity contribution in [1.82, 2.24) is 30.0 Å². The van der Waals surface area contributed by atoms with Gasteiger partial charge in [0.25, 0.3) is 0 Å². The van der Waals surface area contributed by atoms with Crippen molar-refractivity contribution in [3.05, 3.63) is 24.3 Å². The molecule has 2 aliphatic rings. The summed E-state index contributed by atoms with van der Waals surface area (Å²) in [6.07, 6.45) is 0.687. The van der Waals surface area contributed by atoms with Gasteiger partial charge in [0, 0.05) is 32.2 Å². The van der Waals surface area contributed by atoms with Crippen LogP contribution in [0, 0.1) is 0 Å². The molecule has 0 radical (unpaired) electrons. The molecule has 1 aromatic heterocycles. The first-order valence-corrected chi connectivity index (χ1v) is 12.1. The van der Waals surface area contributed by atoms with Gasteiger partial charge in [0.1, 0.15) is 5.75 Å². The van der Waals surface area contributed by atoms with Crippen molar-refractivity contribution in [2.45, 2.75) is 17.6 Å². The first-order chi connectivity index (χ1) is 13.9. The van der Waals surface area contributed by atoms with Gasteiger partial charge in [-0.25, -0.2) is 8.42 Å². The molecular formula is C17H22N6O4S2. The largest absolute Gasteiger partial charge is 0.508 e. The number of sulfone groups is 1. The summed E-state index contributed by atoms with van der Waals surface area (Å²) in [4.78, 5) is 16.6. The molecule has 10 nitrogen and oxygen atoms in total. The average Bonchev–Trinajstić information content (AvgIpc) is 3.33. The van der Waals surface area contributed by atoms with Gasteiger partial charge in [-0.1, -0.05) is 11.8 Å². The maximum absolute atomic E-state index is 12.6. The summed E-state index contributed by atoms with van der Waals surface area (Å²) in [7, 11) is -2.90. The number of phenols is 1. The Morgan fingerprint density at radius 2 is 1.90 bits per heavy atom. The molecule has 3 heterocycles. The smallest absolute Gasteiger partial charge is 0.233 e. The van der Waals surface area contributed by atoms with E-state index in [2.05, 4.69) is 20.4 Å². The molecule has 1 N–H and O–H groups in total. The van der Waals surface area contributed by atoms with Crippen LogP contribution in [0.4, 0.5) is 0 Å². The molecule has 12 heteroatoms. The van der Waals surface area contributed by atoms with Crippen molar-refractivity contribution in [2.24, 2.45) is 0 Å². The molecule has 1 amide bonds. The van der Waals surface area contributed by atoms with Crippen LogP contribution in [-0.4, -0.2) is 98.9 Å². The second-order valence-corrected chi connectivity index (χ2v) is 10.3. The molecule has 2 aliphatic heterocycles. The summed E-state index contributed by atoms with van der Waals surface area (Å²) in [5.41, 5.74) is 0.697. The molecule has 2 saturated heterocycles. The van der Waals surface area contributed by atoms with Crippen LogP contribution in [-0.2, 0) is 14.6 Å². The molecule has 2 fully saturated rings. The summed E-state index contributed by atoms with van der Waals surface area (Å²) >= 11 is 1.26. The van der Waals surface area contributed by atoms with Crippen LogP contribution in [0.2, 0.25) is 0 Å². The Kier molecular flexibility index (Phi) is 5.74. The van der Waals surface area contributed by atoms with Gasteiger partial charge in [-0.15, -0.1) is 5.10 Å². The number of amides is 1. The molecule has 0 bridgehead atoms.